The lowest BCUT2D eigenvalue weighted by atomic mass is 10.2. The Morgan fingerprint density at radius 2 is 2.16 bits per heavy atom. The Bertz CT molecular complexity index is 789. The van der Waals surface area contributed by atoms with Gasteiger partial charge < -0.3 is 14.8 Å². The van der Waals surface area contributed by atoms with Gasteiger partial charge in [0, 0.05) is 18.7 Å². The third kappa shape index (κ3) is 3.02. The smallest absolute Gasteiger partial charge is 0.414 e. The van der Waals surface area contributed by atoms with Crippen LogP contribution in [0.25, 0.3) is 0 Å². The summed E-state index contributed by atoms with van der Waals surface area (Å²) in [4.78, 5) is 25.9. The first-order chi connectivity index (χ1) is 12.2. The fourth-order valence-electron chi connectivity index (χ4n) is 2.97. The lowest BCUT2D eigenvalue weighted by molar-refractivity contribution is 0.0909. The third-order valence-electron chi connectivity index (χ3n) is 4.22. The average Bonchev–Trinajstić information content (AvgIpc) is 3.24. The van der Waals surface area contributed by atoms with E-state index in [0.29, 0.717) is 24.6 Å². The van der Waals surface area contributed by atoms with Crippen molar-refractivity contribution in [2.24, 2.45) is 0 Å². The van der Waals surface area contributed by atoms with Gasteiger partial charge in [0.1, 0.15) is 11.7 Å². The lowest BCUT2D eigenvalue weighted by Crippen LogP contribution is -2.34. The number of aromatic nitrogens is 2. The topological polar surface area (TPSA) is 85.7 Å². The van der Waals surface area contributed by atoms with E-state index >= 15 is 0 Å². The number of hydrogen-bond acceptors (Lipinski definition) is 5. The molecule has 8 nitrogen and oxygen atoms in total. The Kier molecular flexibility index (Phi) is 4.01. The van der Waals surface area contributed by atoms with E-state index in [2.05, 4.69) is 10.4 Å². The van der Waals surface area contributed by atoms with E-state index in [-0.39, 0.29) is 12.5 Å². The van der Waals surface area contributed by atoms with Gasteiger partial charge in [-0.3, -0.25) is 9.69 Å². The van der Waals surface area contributed by atoms with Crippen molar-refractivity contribution in [2.75, 3.05) is 24.6 Å². The summed E-state index contributed by atoms with van der Waals surface area (Å²) < 4.78 is 12.5. The molecule has 1 atom stereocenters. The highest BCUT2D eigenvalue weighted by atomic mass is 16.6. The molecule has 2 aliphatic rings. The van der Waals surface area contributed by atoms with Crippen LogP contribution in [0.2, 0.25) is 0 Å². The van der Waals surface area contributed by atoms with Crippen LogP contribution >= 0.6 is 0 Å². The Hall–Kier alpha value is -3.03. The molecule has 2 aromatic rings. The fourth-order valence-corrected chi connectivity index (χ4v) is 2.97. The highest BCUT2D eigenvalue weighted by Gasteiger charge is 2.33. The minimum absolute atomic E-state index is 0.235. The van der Waals surface area contributed by atoms with Crippen LogP contribution in [0.5, 0.6) is 5.88 Å². The van der Waals surface area contributed by atoms with Crippen molar-refractivity contribution in [2.45, 2.75) is 19.1 Å². The van der Waals surface area contributed by atoms with Crippen LogP contribution in [0.4, 0.5) is 10.5 Å². The van der Waals surface area contributed by atoms with Crippen LogP contribution < -0.4 is 15.0 Å². The van der Waals surface area contributed by atoms with Crippen LogP contribution in [0.15, 0.2) is 36.5 Å². The van der Waals surface area contributed by atoms with E-state index in [9.17, 15) is 9.59 Å². The lowest BCUT2D eigenvalue weighted by Gasteiger charge is -2.16. The van der Waals surface area contributed by atoms with Crippen molar-refractivity contribution >= 4 is 17.7 Å². The van der Waals surface area contributed by atoms with Gasteiger partial charge in [0.25, 0.3) is 5.91 Å². The summed E-state index contributed by atoms with van der Waals surface area (Å²) in [6.45, 7) is 1.96. The maximum absolute atomic E-state index is 12.4. The van der Waals surface area contributed by atoms with Gasteiger partial charge in [-0.15, -0.1) is 0 Å². The van der Waals surface area contributed by atoms with Crippen LogP contribution in [0.1, 0.15) is 16.8 Å². The molecule has 0 radical (unpaired) electrons. The molecule has 1 aromatic heterocycles. The maximum Gasteiger partial charge on any atom is 0.414 e. The van der Waals surface area contributed by atoms with E-state index in [1.807, 2.05) is 30.3 Å². The first-order valence-electron chi connectivity index (χ1n) is 8.22. The normalized spacial score (nSPS) is 19.1. The van der Waals surface area contributed by atoms with Gasteiger partial charge in [0.15, 0.2) is 0 Å². The van der Waals surface area contributed by atoms with Crippen LogP contribution in [0.3, 0.4) is 0 Å². The second-order valence-corrected chi connectivity index (χ2v) is 5.95. The molecule has 2 aliphatic heterocycles. The standard InChI is InChI=1S/C17H18N4O4/c22-15(14-10-19-21-7-4-8-24-16(14)21)18-9-13-11-20(17(23)25-13)12-5-2-1-3-6-12/h1-3,5-6,10,13H,4,7-9,11H2,(H,18,22)/t13-/m1/s1. The zero-order valence-electron chi connectivity index (χ0n) is 13.6. The number of nitrogens with one attached hydrogen (secondary N) is 1. The molecule has 1 N–H and O–H groups in total. The fraction of sp³-hybridized carbons (Fsp3) is 0.353. The van der Waals surface area contributed by atoms with Crippen molar-refractivity contribution in [3.63, 3.8) is 0 Å². The monoisotopic (exact) mass is 342 g/mol. The predicted molar refractivity (Wildman–Crippen MR) is 88.7 cm³/mol. The second-order valence-electron chi connectivity index (χ2n) is 5.95. The molecular weight excluding hydrogens is 324 g/mol. The summed E-state index contributed by atoms with van der Waals surface area (Å²) in [6.07, 6.45) is 1.58. The molecule has 2 amide bonds. The number of carbonyl (C=O) groups is 2. The van der Waals surface area contributed by atoms with Crippen molar-refractivity contribution < 1.29 is 19.1 Å². The SMILES string of the molecule is O=C(NC[C@@H]1CN(c2ccccc2)C(=O)O1)c1cnn2c1OCCC2. The number of carbonyl (C=O) groups excluding carboxylic acids is 2. The van der Waals surface area contributed by atoms with E-state index in [0.717, 1.165) is 18.7 Å². The van der Waals surface area contributed by atoms with Crippen molar-refractivity contribution in [3.8, 4) is 5.88 Å². The number of aryl methyl sites for hydroxylation is 1. The first-order valence-corrected chi connectivity index (χ1v) is 8.22. The van der Waals surface area contributed by atoms with Crippen LogP contribution in [-0.2, 0) is 11.3 Å². The van der Waals surface area contributed by atoms with Crippen LogP contribution in [0, 0.1) is 0 Å². The molecule has 0 saturated carbocycles. The van der Waals surface area contributed by atoms with Crippen molar-refractivity contribution in [1.82, 2.24) is 15.1 Å². The summed E-state index contributed by atoms with van der Waals surface area (Å²) in [5.74, 6) is 0.218. The maximum atomic E-state index is 12.4. The number of rotatable bonds is 4. The summed E-state index contributed by atoms with van der Waals surface area (Å²) in [6, 6.07) is 9.30. The van der Waals surface area contributed by atoms with E-state index in [1.165, 1.54) is 6.20 Å². The van der Waals surface area contributed by atoms with Gasteiger partial charge in [0.05, 0.1) is 25.9 Å². The summed E-state index contributed by atoms with van der Waals surface area (Å²) in [5.41, 5.74) is 1.18. The average molecular weight is 342 g/mol. The molecule has 0 spiro atoms. The Balaban J connectivity index is 1.37. The molecular formula is C17H18N4O4. The highest BCUT2D eigenvalue weighted by molar-refractivity contribution is 5.96. The molecule has 0 aliphatic carbocycles. The number of nitrogens with zero attached hydrogens (tertiary/aromatic N) is 3. The number of para-hydroxylation sites is 1. The second kappa shape index (κ2) is 6.46. The third-order valence-corrected chi connectivity index (χ3v) is 4.22. The number of ether oxygens (including phenoxy) is 2. The molecule has 130 valence electrons. The van der Waals surface area contributed by atoms with Gasteiger partial charge in [-0.25, -0.2) is 9.48 Å². The number of cyclic esters (lactones) is 1. The number of hydrogen-bond donors (Lipinski definition) is 1. The van der Waals surface area contributed by atoms with E-state index in [1.54, 1.807) is 9.58 Å². The Labute approximate surface area is 144 Å². The summed E-state index contributed by atoms with van der Waals surface area (Å²) in [5, 5.41) is 6.95. The molecule has 1 fully saturated rings. The number of anilines is 1. The zero-order valence-corrected chi connectivity index (χ0v) is 13.6. The molecule has 3 heterocycles. The molecule has 1 saturated heterocycles. The quantitative estimate of drug-likeness (QED) is 0.908. The van der Waals surface area contributed by atoms with Gasteiger partial charge in [-0.05, 0) is 12.1 Å². The number of benzene rings is 1. The molecule has 8 heteroatoms. The highest BCUT2D eigenvalue weighted by Crippen LogP contribution is 2.23. The molecule has 4 rings (SSSR count). The predicted octanol–water partition coefficient (Wildman–Crippen LogP) is 1.42. The minimum atomic E-state index is -0.406. The molecule has 25 heavy (non-hydrogen) atoms. The Morgan fingerprint density at radius 3 is 3.00 bits per heavy atom. The number of fused-ring (bicyclic) bond motifs is 1. The number of amides is 2. The van der Waals surface area contributed by atoms with Crippen molar-refractivity contribution in [3.05, 3.63) is 42.1 Å². The Morgan fingerprint density at radius 1 is 1.32 bits per heavy atom. The minimum Gasteiger partial charge on any atom is -0.477 e. The van der Waals surface area contributed by atoms with Crippen LogP contribution in [-0.4, -0.2) is 47.6 Å². The van der Waals surface area contributed by atoms with Gasteiger partial charge >= 0.3 is 6.09 Å². The van der Waals surface area contributed by atoms with E-state index in [4.69, 9.17) is 9.47 Å². The van der Waals surface area contributed by atoms with Gasteiger partial charge in [0.2, 0.25) is 5.88 Å². The summed E-state index contributed by atoms with van der Waals surface area (Å²) in [7, 11) is 0. The first kappa shape index (κ1) is 15.5. The molecule has 0 bridgehead atoms. The summed E-state index contributed by atoms with van der Waals surface area (Å²) >= 11 is 0. The zero-order chi connectivity index (χ0) is 17.2. The van der Waals surface area contributed by atoms with Crippen molar-refractivity contribution in [1.29, 1.82) is 0 Å². The van der Waals surface area contributed by atoms with E-state index < -0.39 is 12.2 Å². The van der Waals surface area contributed by atoms with Gasteiger partial charge in [-0.2, -0.15) is 5.10 Å². The molecule has 1 aromatic carbocycles. The largest absolute Gasteiger partial charge is 0.477 e. The van der Waals surface area contributed by atoms with Gasteiger partial charge in [-0.1, -0.05) is 18.2 Å². The molecule has 0 unspecified atom stereocenters.